The molecule has 0 bridgehead atoms. The zero-order valence-electron chi connectivity index (χ0n) is 9.31. The molecule has 0 spiro atoms. The lowest BCUT2D eigenvalue weighted by Gasteiger charge is -2.05. The first-order valence-electron chi connectivity index (χ1n) is 4.95. The van der Waals surface area contributed by atoms with Crippen LogP contribution in [0.2, 0.25) is 5.02 Å². The summed E-state index contributed by atoms with van der Waals surface area (Å²) in [6.07, 6.45) is 4.39. The molecule has 94 valence electrons. The number of aromatic nitrogens is 1. The molecular weight excluding hydrogens is 264 g/mol. The summed E-state index contributed by atoms with van der Waals surface area (Å²) in [5.41, 5.74) is 0.334. The van der Waals surface area contributed by atoms with E-state index in [1.54, 1.807) is 0 Å². The van der Waals surface area contributed by atoms with Crippen LogP contribution in [0.25, 0.3) is 0 Å². The zero-order valence-corrected chi connectivity index (χ0v) is 10.9. The Balaban J connectivity index is 2.44. The van der Waals surface area contributed by atoms with Crippen molar-refractivity contribution in [3.63, 3.8) is 0 Å². The van der Waals surface area contributed by atoms with Gasteiger partial charge in [0.25, 0.3) is 5.91 Å². The van der Waals surface area contributed by atoms with E-state index in [0.717, 1.165) is 6.26 Å². The first-order valence-corrected chi connectivity index (χ1v) is 7.39. The maximum Gasteiger partial charge on any atom is 0.252 e. The Kier molecular flexibility index (Phi) is 4.89. The van der Waals surface area contributed by atoms with E-state index in [1.807, 2.05) is 0 Å². The molecule has 1 rings (SSSR count). The average molecular weight is 277 g/mol. The molecule has 0 unspecified atom stereocenters. The van der Waals surface area contributed by atoms with Crippen LogP contribution in [0.3, 0.4) is 0 Å². The SMILES string of the molecule is CS(=O)(=O)CCCNC(=O)c1ccncc1Cl. The van der Waals surface area contributed by atoms with E-state index in [4.69, 9.17) is 11.6 Å². The van der Waals surface area contributed by atoms with Crippen LogP contribution < -0.4 is 5.32 Å². The third-order valence-electron chi connectivity index (χ3n) is 1.99. The van der Waals surface area contributed by atoms with Crippen LogP contribution >= 0.6 is 11.6 Å². The minimum Gasteiger partial charge on any atom is -0.352 e. The van der Waals surface area contributed by atoms with E-state index in [-0.39, 0.29) is 16.7 Å². The summed E-state index contributed by atoms with van der Waals surface area (Å²) >= 11 is 5.79. The summed E-state index contributed by atoms with van der Waals surface area (Å²) in [6, 6.07) is 1.51. The number of hydrogen-bond donors (Lipinski definition) is 1. The number of hydrogen-bond acceptors (Lipinski definition) is 4. The highest BCUT2D eigenvalue weighted by Crippen LogP contribution is 2.12. The highest BCUT2D eigenvalue weighted by atomic mass is 35.5. The highest BCUT2D eigenvalue weighted by molar-refractivity contribution is 7.90. The minimum atomic E-state index is -2.98. The molecule has 1 N–H and O–H groups in total. The summed E-state index contributed by atoms with van der Waals surface area (Å²) in [5.74, 6) is -0.275. The van der Waals surface area contributed by atoms with Gasteiger partial charge in [-0.3, -0.25) is 9.78 Å². The van der Waals surface area contributed by atoms with Crippen molar-refractivity contribution in [3.8, 4) is 0 Å². The van der Waals surface area contributed by atoms with Gasteiger partial charge in [0, 0.05) is 25.2 Å². The van der Waals surface area contributed by atoms with Gasteiger partial charge in [-0.2, -0.15) is 0 Å². The number of nitrogens with zero attached hydrogens (tertiary/aromatic N) is 1. The lowest BCUT2D eigenvalue weighted by atomic mass is 10.2. The molecule has 0 fully saturated rings. The maximum atomic E-state index is 11.6. The van der Waals surface area contributed by atoms with E-state index in [9.17, 15) is 13.2 Å². The topological polar surface area (TPSA) is 76.1 Å². The van der Waals surface area contributed by atoms with E-state index in [2.05, 4.69) is 10.3 Å². The van der Waals surface area contributed by atoms with Crippen molar-refractivity contribution < 1.29 is 13.2 Å². The summed E-state index contributed by atoms with van der Waals surface area (Å²) < 4.78 is 21.7. The Morgan fingerprint density at radius 1 is 1.53 bits per heavy atom. The van der Waals surface area contributed by atoms with Gasteiger partial charge in [0.2, 0.25) is 0 Å². The third-order valence-corrected chi connectivity index (χ3v) is 3.33. The molecule has 1 amide bonds. The average Bonchev–Trinajstić information content (AvgIpc) is 2.23. The molecular formula is C10H13ClN2O3S. The van der Waals surface area contributed by atoms with Crippen molar-refractivity contribution in [2.45, 2.75) is 6.42 Å². The second-order valence-electron chi connectivity index (χ2n) is 3.59. The van der Waals surface area contributed by atoms with Crippen molar-refractivity contribution in [2.75, 3.05) is 18.6 Å². The van der Waals surface area contributed by atoms with Gasteiger partial charge in [0.15, 0.2) is 0 Å². The molecule has 0 aliphatic carbocycles. The first kappa shape index (κ1) is 13.9. The lowest BCUT2D eigenvalue weighted by molar-refractivity contribution is 0.0953. The van der Waals surface area contributed by atoms with Crippen molar-refractivity contribution in [3.05, 3.63) is 29.0 Å². The summed E-state index contributed by atoms with van der Waals surface area (Å²) in [7, 11) is -2.98. The number of rotatable bonds is 5. The van der Waals surface area contributed by atoms with Gasteiger partial charge in [-0.25, -0.2) is 8.42 Å². The van der Waals surface area contributed by atoms with Crippen LogP contribution in [0.15, 0.2) is 18.5 Å². The van der Waals surface area contributed by atoms with Crippen LogP contribution in [0.4, 0.5) is 0 Å². The lowest BCUT2D eigenvalue weighted by Crippen LogP contribution is -2.26. The van der Waals surface area contributed by atoms with E-state index >= 15 is 0 Å². The van der Waals surface area contributed by atoms with Gasteiger partial charge in [-0.1, -0.05) is 11.6 Å². The summed E-state index contributed by atoms with van der Waals surface area (Å²) in [6.45, 7) is 0.296. The summed E-state index contributed by atoms with van der Waals surface area (Å²) in [4.78, 5) is 15.4. The third kappa shape index (κ3) is 5.14. The number of sulfone groups is 1. The fraction of sp³-hybridized carbons (Fsp3) is 0.400. The Morgan fingerprint density at radius 3 is 2.82 bits per heavy atom. The van der Waals surface area contributed by atoms with E-state index in [0.29, 0.717) is 18.5 Å². The smallest absolute Gasteiger partial charge is 0.252 e. The fourth-order valence-corrected chi connectivity index (χ4v) is 2.06. The van der Waals surface area contributed by atoms with Gasteiger partial charge in [-0.15, -0.1) is 0 Å². The number of pyridine rings is 1. The zero-order chi connectivity index (χ0) is 12.9. The van der Waals surface area contributed by atoms with Crippen LogP contribution in [-0.2, 0) is 9.84 Å². The van der Waals surface area contributed by atoms with Crippen LogP contribution in [-0.4, -0.2) is 37.9 Å². The molecule has 0 atom stereocenters. The molecule has 0 aliphatic heterocycles. The Hall–Kier alpha value is -1.14. The largest absolute Gasteiger partial charge is 0.352 e. The maximum absolute atomic E-state index is 11.6. The van der Waals surface area contributed by atoms with Gasteiger partial charge >= 0.3 is 0 Å². The molecule has 1 aromatic heterocycles. The number of carbonyl (C=O) groups is 1. The van der Waals surface area contributed by atoms with Crippen LogP contribution in [0.5, 0.6) is 0 Å². The minimum absolute atomic E-state index is 0.0529. The van der Waals surface area contributed by atoms with Crippen molar-refractivity contribution in [1.82, 2.24) is 10.3 Å². The number of nitrogens with one attached hydrogen (secondary N) is 1. The molecule has 0 radical (unpaired) electrons. The van der Waals surface area contributed by atoms with Crippen LogP contribution in [0.1, 0.15) is 16.8 Å². The monoisotopic (exact) mass is 276 g/mol. The summed E-state index contributed by atoms with van der Waals surface area (Å²) in [5, 5.41) is 2.87. The van der Waals surface area contributed by atoms with Crippen molar-refractivity contribution in [1.29, 1.82) is 0 Å². The Morgan fingerprint density at radius 2 is 2.24 bits per heavy atom. The number of halogens is 1. The molecule has 0 aromatic carbocycles. The van der Waals surface area contributed by atoms with Crippen molar-refractivity contribution in [2.24, 2.45) is 0 Å². The molecule has 0 saturated carbocycles. The number of carbonyl (C=O) groups excluding carboxylic acids is 1. The molecule has 7 heteroatoms. The quantitative estimate of drug-likeness (QED) is 0.811. The second-order valence-corrected chi connectivity index (χ2v) is 6.26. The highest BCUT2D eigenvalue weighted by Gasteiger charge is 2.09. The second kappa shape index (κ2) is 5.97. The molecule has 1 heterocycles. The molecule has 0 saturated heterocycles. The van der Waals surface area contributed by atoms with E-state index in [1.165, 1.54) is 18.5 Å². The predicted molar refractivity (Wildman–Crippen MR) is 65.9 cm³/mol. The Bertz CT molecular complexity index is 502. The van der Waals surface area contributed by atoms with Gasteiger partial charge in [0.05, 0.1) is 16.3 Å². The normalized spacial score (nSPS) is 11.2. The standard InChI is InChI=1S/C10H13ClN2O3S/c1-17(15,16)6-2-4-13-10(14)8-3-5-12-7-9(8)11/h3,5,7H,2,4,6H2,1H3,(H,13,14). The number of amides is 1. The fourth-order valence-electron chi connectivity index (χ4n) is 1.19. The molecule has 0 aliphatic rings. The first-order chi connectivity index (χ1) is 7.90. The Labute approximate surface area is 105 Å². The van der Waals surface area contributed by atoms with Gasteiger partial charge in [-0.05, 0) is 12.5 Å². The van der Waals surface area contributed by atoms with Crippen LogP contribution in [0, 0.1) is 0 Å². The molecule has 5 nitrogen and oxygen atoms in total. The van der Waals surface area contributed by atoms with Crippen molar-refractivity contribution >= 4 is 27.3 Å². The van der Waals surface area contributed by atoms with Gasteiger partial charge in [0.1, 0.15) is 9.84 Å². The van der Waals surface area contributed by atoms with E-state index < -0.39 is 9.84 Å². The molecule has 1 aromatic rings. The molecule has 17 heavy (non-hydrogen) atoms. The van der Waals surface area contributed by atoms with Gasteiger partial charge < -0.3 is 5.32 Å². The predicted octanol–water partition coefficient (Wildman–Crippen LogP) is 0.899.